The lowest BCUT2D eigenvalue weighted by Gasteiger charge is -2.30. The van der Waals surface area contributed by atoms with Crippen molar-refractivity contribution in [3.05, 3.63) is 35.0 Å². The number of hydrogen-bond acceptors (Lipinski definition) is 7. The Morgan fingerprint density at radius 1 is 1.10 bits per heavy atom. The maximum Gasteiger partial charge on any atom is 0.410 e. The largest absolute Gasteiger partial charge is 0.444 e. The van der Waals surface area contributed by atoms with Gasteiger partial charge in [-0.25, -0.2) is 14.8 Å². The summed E-state index contributed by atoms with van der Waals surface area (Å²) in [5.41, 5.74) is 2.07. The minimum absolute atomic E-state index is 0.0661. The van der Waals surface area contributed by atoms with Gasteiger partial charge in [0, 0.05) is 56.5 Å². The second-order valence-corrected chi connectivity index (χ2v) is 11.9. The minimum atomic E-state index is -0.581. The van der Waals surface area contributed by atoms with Crippen LogP contribution in [0.5, 0.6) is 0 Å². The summed E-state index contributed by atoms with van der Waals surface area (Å²) < 4.78 is 5.38. The standard InChI is InChI=1S/C31H47ClN6O3/c1-7-9-18-33-19-11-21-37-20-10-12-25-27(32)34-28(35-29(25)37)23-13-15-24(16-14-23)38(8-2)26(39)17-22-36(6)30(40)41-31(3,4)5/h13-16,33H,7-12,17-22H2,1-6H3. The summed E-state index contributed by atoms with van der Waals surface area (Å²) in [6, 6.07) is 7.68. The number of nitrogens with one attached hydrogen (secondary N) is 1. The lowest BCUT2D eigenvalue weighted by molar-refractivity contribution is -0.118. The van der Waals surface area contributed by atoms with Crippen molar-refractivity contribution in [1.29, 1.82) is 0 Å². The molecule has 0 saturated heterocycles. The molecule has 1 aromatic carbocycles. The quantitative estimate of drug-likeness (QED) is 0.229. The molecule has 226 valence electrons. The molecule has 0 aliphatic carbocycles. The van der Waals surface area contributed by atoms with E-state index >= 15 is 0 Å². The average molecular weight is 587 g/mol. The van der Waals surface area contributed by atoms with Crippen molar-refractivity contribution in [1.82, 2.24) is 20.2 Å². The van der Waals surface area contributed by atoms with E-state index in [-0.39, 0.29) is 18.9 Å². The number of nitrogens with zero attached hydrogens (tertiary/aromatic N) is 5. The summed E-state index contributed by atoms with van der Waals surface area (Å²) in [6.45, 7) is 14.3. The molecule has 1 aliphatic rings. The monoisotopic (exact) mass is 586 g/mol. The number of benzene rings is 1. The normalized spacial score (nSPS) is 13.1. The van der Waals surface area contributed by atoms with Crippen LogP contribution in [0, 0.1) is 0 Å². The van der Waals surface area contributed by atoms with Gasteiger partial charge in [-0.3, -0.25) is 4.79 Å². The number of rotatable bonds is 13. The van der Waals surface area contributed by atoms with Gasteiger partial charge in [0.1, 0.15) is 16.6 Å². The first-order valence-electron chi connectivity index (χ1n) is 14.9. The fraction of sp³-hybridized carbons (Fsp3) is 0.613. The second kappa shape index (κ2) is 15.4. The van der Waals surface area contributed by atoms with Crippen LogP contribution >= 0.6 is 11.6 Å². The lowest BCUT2D eigenvalue weighted by Crippen LogP contribution is -2.38. The maximum atomic E-state index is 13.0. The molecule has 0 fully saturated rings. The van der Waals surface area contributed by atoms with E-state index in [1.54, 1.807) is 11.9 Å². The summed E-state index contributed by atoms with van der Waals surface area (Å²) >= 11 is 6.66. The zero-order valence-electron chi connectivity index (χ0n) is 25.6. The van der Waals surface area contributed by atoms with Gasteiger partial charge in [0.2, 0.25) is 5.91 Å². The molecule has 2 heterocycles. The van der Waals surface area contributed by atoms with Crippen LogP contribution in [-0.4, -0.2) is 78.8 Å². The first-order chi connectivity index (χ1) is 19.5. The van der Waals surface area contributed by atoms with Gasteiger partial charge >= 0.3 is 6.09 Å². The van der Waals surface area contributed by atoms with Crippen molar-refractivity contribution < 1.29 is 14.3 Å². The number of carbonyl (C=O) groups excluding carboxylic acids is 2. The Bertz CT molecular complexity index is 1150. The van der Waals surface area contributed by atoms with Crippen molar-refractivity contribution in [3.8, 4) is 11.4 Å². The fourth-order valence-corrected chi connectivity index (χ4v) is 5.02. The molecule has 0 saturated carbocycles. The Balaban J connectivity index is 1.67. The Morgan fingerprint density at radius 3 is 2.46 bits per heavy atom. The molecule has 2 aromatic rings. The number of ether oxygens (including phenoxy) is 1. The number of unbranched alkanes of at least 4 members (excludes halogenated alkanes) is 1. The van der Waals surface area contributed by atoms with Crippen LogP contribution in [0.15, 0.2) is 24.3 Å². The average Bonchev–Trinajstić information content (AvgIpc) is 2.93. The Morgan fingerprint density at radius 2 is 1.80 bits per heavy atom. The molecule has 0 unspecified atom stereocenters. The molecular formula is C31H47ClN6O3. The first-order valence-corrected chi connectivity index (χ1v) is 15.3. The summed E-state index contributed by atoms with van der Waals surface area (Å²) in [5.74, 6) is 1.45. The first kappa shape index (κ1) is 32.6. The van der Waals surface area contributed by atoms with Gasteiger partial charge in [0.25, 0.3) is 0 Å². The van der Waals surface area contributed by atoms with E-state index in [4.69, 9.17) is 21.3 Å². The Kier molecular flexibility index (Phi) is 12.2. The number of anilines is 2. The predicted octanol–water partition coefficient (Wildman–Crippen LogP) is 5.94. The molecule has 0 bridgehead atoms. The molecule has 1 aliphatic heterocycles. The minimum Gasteiger partial charge on any atom is -0.444 e. The predicted molar refractivity (Wildman–Crippen MR) is 167 cm³/mol. The Labute approximate surface area is 250 Å². The number of carbonyl (C=O) groups is 2. The van der Waals surface area contributed by atoms with Crippen LogP contribution in [-0.2, 0) is 16.0 Å². The third-order valence-electron chi connectivity index (χ3n) is 7.00. The van der Waals surface area contributed by atoms with Crippen molar-refractivity contribution in [2.75, 3.05) is 56.1 Å². The molecule has 0 radical (unpaired) electrons. The van der Waals surface area contributed by atoms with Crippen LogP contribution in [0.25, 0.3) is 11.4 Å². The van der Waals surface area contributed by atoms with Gasteiger partial charge in [-0.05, 0) is 90.7 Å². The molecule has 0 atom stereocenters. The van der Waals surface area contributed by atoms with Gasteiger partial charge in [-0.2, -0.15) is 0 Å². The molecular weight excluding hydrogens is 540 g/mol. The number of aromatic nitrogens is 2. The third-order valence-corrected chi connectivity index (χ3v) is 7.31. The zero-order chi connectivity index (χ0) is 30.0. The van der Waals surface area contributed by atoms with Crippen molar-refractivity contribution in [3.63, 3.8) is 0 Å². The number of amides is 2. The molecule has 1 aromatic heterocycles. The van der Waals surface area contributed by atoms with E-state index in [0.29, 0.717) is 17.5 Å². The molecule has 41 heavy (non-hydrogen) atoms. The molecule has 1 N–H and O–H groups in total. The van der Waals surface area contributed by atoms with E-state index in [0.717, 1.165) is 68.1 Å². The highest BCUT2D eigenvalue weighted by molar-refractivity contribution is 6.30. The second-order valence-electron chi connectivity index (χ2n) is 11.5. The molecule has 10 heteroatoms. The molecule has 2 amide bonds. The summed E-state index contributed by atoms with van der Waals surface area (Å²) in [6.07, 6.45) is 5.13. The third kappa shape index (κ3) is 9.57. The van der Waals surface area contributed by atoms with Crippen LogP contribution in [0.4, 0.5) is 16.3 Å². The Hall–Kier alpha value is -2.91. The number of hydrogen-bond donors (Lipinski definition) is 1. The highest BCUT2D eigenvalue weighted by Gasteiger charge is 2.24. The van der Waals surface area contributed by atoms with Crippen molar-refractivity contribution >= 4 is 35.1 Å². The van der Waals surface area contributed by atoms with Gasteiger partial charge in [0.15, 0.2) is 5.82 Å². The van der Waals surface area contributed by atoms with Crippen molar-refractivity contribution in [2.45, 2.75) is 78.7 Å². The molecule has 3 rings (SSSR count). The lowest BCUT2D eigenvalue weighted by atomic mass is 10.1. The van der Waals surface area contributed by atoms with E-state index in [9.17, 15) is 9.59 Å². The summed E-state index contributed by atoms with van der Waals surface area (Å²) in [7, 11) is 1.64. The van der Waals surface area contributed by atoms with E-state index in [2.05, 4.69) is 22.1 Å². The van der Waals surface area contributed by atoms with Gasteiger partial charge in [-0.15, -0.1) is 0 Å². The summed E-state index contributed by atoms with van der Waals surface area (Å²) in [4.78, 5) is 40.3. The summed E-state index contributed by atoms with van der Waals surface area (Å²) in [5, 5.41) is 4.03. The van der Waals surface area contributed by atoms with Crippen LogP contribution < -0.4 is 15.1 Å². The van der Waals surface area contributed by atoms with Gasteiger partial charge < -0.3 is 24.8 Å². The van der Waals surface area contributed by atoms with Crippen LogP contribution in [0.3, 0.4) is 0 Å². The molecule has 0 spiro atoms. The SMILES string of the molecule is CCCCNCCCN1CCCc2c(Cl)nc(-c3ccc(N(CC)C(=O)CCN(C)C(=O)OC(C)(C)C)cc3)nc21. The maximum absolute atomic E-state index is 13.0. The number of fused-ring (bicyclic) bond motifs is 1. The number of halogens is 1. The smallest absolute Gasteiger partial charge is 0.410 e. The topological polar surface area (TPSA) is 90.9 Å². The van der Waals surface area contributed by atoms with Crippen LogP contribution in [0.1, 0.15) is 72.3 Å². The van der Waals surface area contributed by atoms with E-state index < -0.39 is 11.7 Å². The fourth-order valence-electron chi connectivity index (χ4n) is 4.77. The molecule has 9 nitrogen and oxygen atoms in total. The van der Waals surface area contributed by atoms with E-state index in [1.165, 1.54) is 17.7 Å². The van der Waals surface area contributed by atoms with Crippen LogP contribution in [0.2, 0.25) is 5.15 Å². The highest BCUT2D eigenvalue weighted by atomic mass is 35.5. The zero-order valence-corrected chi connectivity index (χ0v) is 26.4. The van der Waals surface area contributed by atoms with E-state index in [1.807, 2.05) is 52.0 Å². The highest BCUT2D eigenvalue weighted by Crippen LogP contribution is 2.33. The van der Waals surface area contributed by atoms with Gasteiger partial charge in [0.05, 0.1) is 0 Å². The van der Waals surface area contributed by atoms with Crippen molar-refractivity contribution in [2.24, 2.45) is 0 Å². The van der Waals surface area contributed by atoms with Gasteiger partial charge in [-0.1, -0.05) is 24.9 Å².